The normalized spacial score (nSPS) is 22.7. The van der Waals surface area contributed by atoms with E-state index in [1.54, 1.807) is 0 Å². The van der Waals surface area contributed by atoms with Crippen LogP contribution in [0, 0.1) is 5.82 Å². The van der Waals surface area contributed by atoms with Gasteiger partial charge in [0, 0.05) is 5.54 Å². The number of benzene rings is 1. The molecule has 3 atom stereocenters. The topological polar surface area (TPSA) is 125 Å². The molecule has 148 valence electrons. The van der Waals surface area contributed by atoms with Gasteiger partial charge in [-0.25, -0.2) is 4.39 Å². The lowest BCUT2D eigenvalue weighted by Crippen LogP contribution is -2.70. The number of nitrogens with one attached hydrogen (secondary N) is 4. The molecule has 8 nitrogen and oxygen atoms in total. The Morgan fingerprint density at radius 2 is 1.96 bits per heavy atom. The van der Waals surface area contributed by atoms with Crippen LogP contribution in [-0.4, -0.2) is 46.7 Å². The Kier molecular flexibility index (Phi) is 6.79. The summed E-state index contributed by atoms with van der Waals surface area (Å²) >= 11 is 1.17. The van der Waals surface area contributed by atoms with Gasteiger partial charge in [-0.2, -0.15) is 0 Å². The predicted molar refractivity (Wildman–Crippen MR) is 101 cm³/mol. The molecule has 1 aromatic carbocycles. The summed E-state index contributed by atoms with van der Waals surface area (Å²) in [4.78, 5) is 36.3. The fraction of sp³-hybridized carbons (Fsp3) is 0.471. The maximum absolute atomic E-state index is 13.7. The Balaban J connectivity index is 1.90. The van der Waals surface area contributed by atoms with Crippen molar-refractivity contribution in [3.05, 3.63) is 35.6 Å². The molecule has 0 bridgehead atoms. The molecule has 2 rings (SSSR count). The number of carbonyl (C=O) groups excluding carboxylic acids is 3. The van der Waals surface area contributed by atoms with Crippen molar-refractivity contribution in [2.24, 2.45) is 5.73 Å². The number of thioether (sulfide) groups is 1. The third-order valence-electron chi connectivity index (χ3n) is 3.56. The minimum Gasteiger partial charge on any atom is -0.351 e. The summed E-state index contributed by atoms with van der Waals surface area (Å²) in [7, 11) is 0. The highest BCUT2D eigenvalue weighted by atomic mass is 32.2. The van der Waals surface area contributed by atoms with Gasteiger partial charge in [0.2, 0.25) is 11.8 Å². The van der Waals surface area contributed by atoms with Crippen molar-refractivity contribution in [3.63, 3.8) is 0 Å². The van der Waals surface area contributed by atoms with E-state index >= 15 is 0 Å². The monoisotopic (exact) mass is 397 g/mol. The molecule has 0 aliphatic carbocycles. The van der Waals surface area contributed by atoms with Gasteiger partial charge in [0.05, 0.1) is 17.5 Å². The molecule has 10 heteroatoms. The van der Waals surface area contributed by atoms with E-state index in [2.05, 4.69) is 21.3 Å². The minimum absolute atomic E-state index is 0.119. The fourth-order valence-electron chi connectivity index (χ4n) is 2.42. The molecule has 1 aliphatic heterocycles. The number of nitrogens with two attached hydrogens (primary N) is 1. The summed E-state index contributed by atoms with van der Waals surface area (Å²) < 4.78 is 13.7. The third kappa shape index (κ3) is 6.19. The number of halogens is 1. The Bertz CT molecular complexity index is 725. The van der Waals surface area contributed by atoms with Crippen molar-refractivity contribution in [1.29, 1.82) is 0 Å². The van der Waals surface area contributed by atoms with Gasteiger partial charge in [-0.15, -0.1) is 11.8 Å². The molecule has 1 aromatic rings. The molecule has 0 aromatic heterocycles. The first-order valence-electron chi connectivity index (χ1n) is 8.37. The zero-order valence-corrected chi connectivity index (χ0v) is 16.2. The first-order chi connectivity index (χ1) is 12.6. The van der Waals surface area contributed by atoms with Crippen LogP contribution in [0.1, 0.15) is 31.1 Å². The van der Waals surface area contributed by atoms with E-state index in [-0.39, 0.29) is 22.8 Å². The highest BCUT2D eigenvalue weighted by Gasteiger charge is 2.36. The fourth-order valence-corrected chi connectivity index (χ4v) is 3.26. The van der Waals surface area contributed by atoms with Crippen LogP contribution in [0.2, 0.25) is 0 Å². The van der Waals surface area contributed by atoms with Crippen LogP contribution in [-0.2, 0) is 9.59 Å². The molecule has 1 aliphatic rings. The van der Waals surface area contributed by atoms with Crippen LogP contribution in [0.3, 0.4) is 0 Å². The van der Waals surface area contributed by atoms with E-state index < -0.39 is 35.3 Å². The van der Waals surface area contributed by atoms with Crippen LogP contribution in [0.5, 0.6) is 0 Å². The number of rotatable bonds is 5. The van der Waals surface area contributed by atoms with Gasteiger partial charge in [0.25, 0.3) is 5.91 Å². The average molecular weight is 397 g/mol. The average Bonchev–Trinajstić information content (AvgIpc) is 2.55. The molecular weight excluding hydrogens is 373 g/mol. The summed E-state index contributed by atoms with van der Waals surface area (Å²) in [5.74, 6) is -1.99. The van der Waals surface area contributed by atoms with E-state index in [0.717, 1.165) is 6.07 Å². The lowest BCUT2D eigenvalue weighted by molar-refractivity contribution is -0.126. The molecule has 6 N–H and O–H groups in total. The lowest BCUT2D eigenvalue weighted by atomic mass is 10.1. The SMILES string of the molecule is CC(C)(C)NC(=O)CSC1NC(=O)C(NC(=O)c2ccccc2F)C(N)N1. The van der Waals surface area contributed by atoms with Crippen LogP contribution < -0.4 is 27.0 Å². The van der Waals surface area contributed by atoms with Crippen molar-refractivity contribution < 1.29 is 18.8 Å². The Morgan fingerprint density at radius 1 is 1.30 bits per heavy atom. The van der Waals surface area contributed by atoms with Gasteiger partial charge in [-0.05, 0) is 32.9 Å². The van der Waals surface area contributed by atoms with Gasteiger partial charge in [-0.1, -0.05) is 12.1 Å². The Hall–Kier alpha value is -2.17. The van der Waals surface area contributed by atoms with Crippen molar-refractivity contribution >= 4 is 29.5 Å². The Morgan fingerprint density at radius 3 is 2.56 bits per heavy atom. The summed E-state index contributed by atoms with van der Waals surface area (Å²) in [6.45, 7) is 5.61. The minimum atomic E-state index is -1.07. The van der Waals surface area contributed by atoms with Crippen LogP contribution in [0.4, 0.5) is 4.39 Å². The second-order valence-corrected chi connectivity index (χ2v) is 8.21. The zero-order chi connectivity index (χ0) is 20.2. The molecule has 27 heavy (non-hydrogen) atoms. The molecule has 0 saturated carbocycles. The molecule has 0 radical (unpaired) electrons. The first-order valence-corrected chi connectivity index (χ1v) is 9.42. The maximum atomic E-state index is 13.7. The lowest BCUT2D eigenvalue weighted by Gasteiger charge is -2.35. The standard InChI is InChI=1S/C17H24FN5O3S/c1-17(2,3)23-11(24)8-27-16-21-13(19)12(15(26)22-16)20-14(25)9-6-4-5-7-10(9)18/h4-7,12-13,16,21H,8,19H2,1-3H3,(H,20,25)(H,22,26)(H,23,24). The quantitative estimate of drug-likeness (QED) is 0.471. The number of carbonyl (C=O) groups is 3. The molecule has 0 spiro atoms. The maximum Gasteiger partial charge on any atom is 0.254 e. The number of hydrogen-bond donors (Lipinski definition) is 5. The van der Waals surface area contributed by atoms with Crippen LogP contribution in [0.25, 0.3) is 0 Å². The van der Waals surface area contributed by atoms with E-state index in [1.165, 1.54) is 30.0 Å². The van der Waals surface area contributed by atoms with E-state index in [1.807, 2.05) is 20.8 Å². The van der Waals surface area contributed by atoms with Crippen molar-refractivity contribution in [2.45, 2.75) is 44.0 Å². The highest BCUT2D eigenvalue weighted by Crippen LogP contribution is 2.13. The Labute approximate surface area is 161 Å². The second-order valence-electron chi connectivity index (χ2n) is 7.12. The second kappa shape index (κ2) is 8.68. The van der Waals surface area contributed by atoms with Gasteiger partial charge in [0.15, 0.2) is 0 Å². The number of amides is 3. The van der Waals surface area contributed by atoms with Crippen LogP contribution >= 0.6 is 11.8 Å². The summed E-state index contributed by atoms with van der Waals surface area (Å²) in [5.41, 5.74) is 4.83. The summed E-state index contributed by atoms with van der Waals surface area (Å²) in [6, 6.07) is 4.38. The summed E-state index contributed by atoms with van der Waals surface area (Å²) in [5, 5.41) is 10.8. The highest BCUT2D eigenvalue weighted by molar-refractivity contribution is 8.00. The summed E-state index contributed by atoms with van der Waals surface area (Å²) in [6.07, 6.45) is -0.891. The molecular formula is C17H24FN5O3S. The molecule has 3 amide bonds. The zero-order valence-electron chi connectivity index (χ0n) is 15.3. The largest absolute Gasteiger partial charge is 0.351 e. The molecule has 3 unspecified atom stereocenters. The van der Waals surface area contributed by atoms with Crippen molar-refractivity contribution in [3.8, 4) is 0 Å². The smallest absolute Gasteiger partial charge is 0.254 e. The van der Waals surface area contributed by atoms with Gasteiger partial charge >= 0.3 is 0 Å². The molecule has 1 saturated heterocycles. The van der Waals surface area contributed by atoms with E-state index in [9.17, 15) is 18.8 Å². The van der Waals surface area contributed by atoms with E-state index in [4.69, 9.17) is 5.73 Å². The van der Waals surface area contributed by atoms with Gasteiger partial charge in [0.1, 0.15) is 17.4 Å². The third-order valence-corrected chi connectivity index (χ3v) is 4.58. The van der Waals surface area contributed by atoms with Crippen molar-refractivity contribution in [2.75, 3.05) is 5.75 Å². The van der Waals surface area contributed by atoms with Crippen LogP contribution in [0.15, 0.2) is 24.3 Å². The first kappa shape index (κ1) is 21.1. The number of hydrogen-bond acceptors (Lipinski definition) is 6. The van der Waals surface area contributed by atoms with Crippen molar-refractivity contribution in [1.82, 2.24) is 21.3 Å². The molecule has 1 heterocycles. The predicted octanol–water partition coefficient (Wildman–Crippen LogP) is -0.140. The molecule has 1 fully saturated rings. The van der Waals surface area contributed by atoms with E-state index in [0.29, 0.717) is 0 Å². The van der Waals surface area contributed by atoms with Gasteiger partial charge < -0.3 is 21.7 Å². The van der Waals surface area contributed by atoms with Gasteiger partial charge in [-0.3, -0.25) is 19.7 Å².